The zero-order valence-corrected chi connectivity index (χ0v) is 15.3. The summed E-state index contributed by atoms with van der Waals surface area (Å²) in [4.78, 5) is 5.07. The Bertz CT molecular complexity index is 545. The molecule has 3 fully saturated rings. The lowest BCUT2D eigenvalue weighted by atomic mass is 10.0. The van der Waals surface area contributed by atoms with Crippen molar-refractivity contribution in [1.29, 1.82) is 0 Å². The minimum absolute atomic E-state index is 0.0474. The maximum absolute atomic E-state index is 9.79. The van der Waals surface area contributed by atoms with Crippen LogP contribution in [0, 0.1) is 11.8 Å². The highest BCUT2D eigenvalue weighted by Gasteiger charge is 2.39. The van der Waals surface area contributed by atoms with Crippen molar-refractivity contribution in [3.63, 3.8) is 0 Å². The average molecular weight is 344 g/mol. The molecule has 0 amide bonds. The molecule has 0 bridgehead atoms. The van der Waals surface area contributed by atoms with Gasteiger partial charge in [-0.1, -0.05) is 18.6 Å². The van der Waals surface area contributed by atoms with E-state index in [-0.39, 0.29) is 6.10 Å². The van der Waals surface area contributed by atoms with Crippen molar-refractivity contribution in [1.82, 2.24) is 9.80 Å². The first-order valence-electron chi connectivity index (χ1n) is 10.1. The van der Waals surface area contributed by atoms with Crippen LogP contribution in [0.4, 0.5) is 0 Å². The third-order valence-electron chi connectivity index (χ3n) is 6.23. The number of piperidine rings is 1. The van der Waals surface area contributed by atoms with Gasteiger partial charge in [0, 0.05) is 26.2 Å². The number of nitrogens with zero attached hydrogens (tertiary/aromatic N) is 2. The Morgan fingerprint density at radius 3 is 2.52 bits per heavy atom. The van der Waals surface area contributed by atoms with Gasteiger partial charge in [-0.3, -0.25) is 9.80 Å². The van der Waals surface area contributed by atoms with E-state index in [4.69, 9.17) is 4.74 Å². The van der Waals surface area contributed by atoms with Crippen molar-refractivity contribution >= 4 is 0 Å². The van der Waals surface area contributed by atoms with Gasteiger partial charge in [-0.05, 0) is 68.3 Å². The molecule has 1 unspecified atom stereocenters. The average Bonchev–Trinajstić information content (AvgIpc) is 3.13. The van der Waals surface area contributed by atoms with Gasteiger partial charge < -0.3 is 9.84 Å². The van der Waals surface area contributed by atoms with Gasteiger partial charge in [0.15, 0.2) is 0 Å². The molecule has 3 aliphatic rings. The zero-order chi connectivity index (χ0) is 17.1. The van der Waals surface area contributed by atoms with E-state index < -0.39 is 0 Å². The third kappa shape index (κ3) is 4.55. The number of hydrogen-bond donors (Lipinski definition) is 1. The van der Waals surface area contributed by atoms with Crippen molar-refractivity contribution in [2.45, 2.75) is 44.8 Å². The number of benzene rings is 1. The van der Waals surface area contributed by atoms with E-state index in [0.717, 1.165) is 51.4 Å². The van der Waals surface area contributed by atoms with Crippen LogP contribution in [0.2, 0.25) is 0 Å². The van der Waals surface area contributed by atoms with Gasteiger partial charge in [-0.25, -0.2) is 0 Å². The molecule has 25 heavy (non-hydrogen) atoms. The van der Waals surface area contributed by atoms with Crippen LogP contribution in [0.15, 0.2) is 24.3 Å². The second-order valence-electron chi connectivity index (χ2n) is 8.24. The van der Waals surface area contributed by atoms with Crippen LogP contribution in [-0.2, 0) is 6.54 Å². The number of hydrogen-bond acceptors (Lipinski definition) is 4. The predicted molar refractivity (Wildman–Crippen MR) is 99.7 cm³/mol. The summed E-state index contributed by atoms with van der Waals surface area (Å²) < 4.78 is 6.01. The maximum atomic E-state index is 9.79. The van der Waals surface area contributed by atoms with Crippen molar-refractivity contribution < 1.29 is 9.84 Å². The van der Waals surface area contributed by atoms with Gasteiger partial charge in [0.1, 0.15) is 12.4 Å². The van der Waals surface area contributed by atoms with E-state index in [1.54, 1.807) is 0 Å². The summed E-state index contributed by atoms with van der Waals surface area (Å²) in [6.07, 6.45) is 6.01. The highest BCUT2D eigenvalue weighted by Crippen LogP contribution is 2.38. The number of fused-ring (bicyclic) bond motifs is 1. The Balaban J connectivity index is 1.24. The normalized spacial score (nSPS) is 30.5. The first-order valence-corrected chi connectivity index (χ1v) is 10.1. The Morgan fingerprint density at radius 1 is 1.00 bits per heavy atom. The third-order valence-corrected chi connectivity index (χ3v) is 6.23. The summed E-state index contributed by atoms with van der Waals surface area (Å²) in [5.41, 5.74) is 1.34. The van der Waals surface area contributed by atoms with Crippen LogP contribution in [0.3, 0.4) is 0 Å². The summed E-state index contributed by atoms with van der Waals surface area (Å²) in [5, 5.41) is 9.79. The fourth-order valence-electron chi connectivity index (χ4n) is 4.96. The van der Waals surface area contributed by atoms with Crippen LogP contribution in [-0.4, -0.2) is 60.3 Å². The van der Waals surface area contributed by atoms with Gasteiger partial charge in [-0.2, -0.15) is 0 Å². The summed E-state index contributed by atoms with van der Waals surface area (Å²) >= 11 is 0. The molecule has 1 saturated carbocycles. The van der Waals surface area contributed by atoms with Crippen molar-refractivity contribution in [3.8, 4) is 5.75 Å². The van der Waals surface area contributed by atoms with Crippen LogP contribution < -0.4 is 4.74 Å². The largest absolute Gasteiger partial charge is 0.492 e. The Kier molecular flexibility index (Phi) is 5.59. The molecule has 2 aliphatic heterocycles. The lowest BCUT2D eigenvalue weighted by Gasteiger charge is -2.26. The monoisotopic (exact) mass is 344 g/mol. The number of rotatable bonds is 6. The van der Waals surface area contributed by atoms with Gasteiger partial charge in [0.05, 0.1) is 6.10 Å². The molecule has 0 radical (unpaired) electrons. The van der Waals surface area contributed by atoms with Crippen LogP contribution in [0.1, 0.15) is 37.7 Å². The van der Waals surface area contributed by atoms with Crippen molar-refractivity contribution in [2.24, 2.45) is 11.8 Å². The molecule has 2 saturated heterocycles. The van der Waals surface area contributed by atoms with E-state index in [2.05, 4.69) is 34.1 Å². The molecular weight excluding hydrogens is 312 g/mol. The second-order valence-corrected chi connectivity index (χ2v) is 8.24. The molecule has 4 nitrogen and oxygen atoms in total. The first-order chi connectivity index (χ1) is 12.3. The molecule has 0 spiro atoms. The Hall–Kier alpha value is -1.10. The summed E-state index contributed by atoms with van der Waals surface area (Å²) in [5.74, 6) is 2.42. The molecule has 4 heteroatoms. The van der Waals surface area contributed by atoms with Gasteiger partial charge in [0.2, 0.25) is 0 Å². The second kappa shape index (κ2) is 8.07. The molecule has 3 atom stereocenters. The van der Waals surface area contributed by atoms with E-state index in [1.807, 2.05) is 0 Å². The highest BCUT2D eigenvalue weighted by molar-refractivity contribution is 5.28. The standard InChI is InChI=1S/C21H32N2O2/c24-20-12-18-15-23(16-19(18)13-20)14-17-5-4-6-21(11-17)25-10-9-22-7-2-1-3-8-22/h4-6,11,18-20,24H,1-3,7-10,12-16H2/t18-,19+,20?. The molecule has 1 aliphatic carbocycles. The van der Waals surface area contributed by atoms with Crippen molar-refractivity contribution in [3.05, 3.63) is 29.8 Å². The smallest absolute Gasteiger partial charge is 0.119 e. The fraction of sp³-hybridized carbons (Fsp3) is 0.714. The SMILES string of the molecule is OC1C[C@@H]2CN(Cc3cccc(OCCN4CCCCC4)c3)C[C@@H]2C1. The van der Waals surface area contributed by atoms with Crippen molar-refractivity contribution in [2.75, 3.05) is 39.3 Å². The number of aliphatic hydroxyl groups is 1. The van der Waals surface area contributed by atoms with Crippen LogP contribution in [0.25, 0.3) is 0 Å². The lowest BCUT2D eigenvalue weighted by Crippen LogP contribution is -2.33. The summed E-state index contributed by atoms with van der Waals surface area (Å²) in [6.45, 7) is 7.58. The van der Waals surface area contributed by atoms with E-state index in [9.17, 15) is 5.11 Å². The van der Waals surface area contributed by atoms with Gasteiger partial charge in [-0.15, -0.1) is 0 Å². The molecule has 0 aromatic heterocycles. The van der Waals surface area contributed by atoms with E-state index >= 15 is 0 Å². The van der Waals surface area contributed by atoms with Gasteiger partial charge in [0.25, 0.3) is 0 Å². The van der Waals surface area contributed by atoms with E-state index in [1.165, 1.54) is 37.9 Å². The Labute approximate surface area is 151 Å². The molecule has 1 aromatic carbocycles. The molecule has 1 aromatic rings. The number of likely N-dealkylation sites (tertiary alicyclic amines) is 2. The topological polar surface area (TPSA) is 35.9 Å². The molecular formula is C21H32N2O2. The fourth-order valence-corrected chi connectivity index (χ4v) is 4.96. The predicted octanol–water partition coefficient (Wildman–Crippen LogP) is 2.75. The maximum Gasteiger partial charge on any atom is 0.119 e. The minimum atomic E-state index is -0.0474. The summed E-state index contributed by atoms with van der Waals surface area (Å²) in [7, 11) is 0. The minimum Gasteiger partial charge on any atom is -0.492 e. The molecule has 138 valence electrons. The summed E-state index contributed by atoms with van der Waals surface area (Å²) in [6, 6.07) is 8.61. The highest BCUT2D eigenvalue weighted by atomic mass is 16.5. The van der Waals surface area contributed by atoms with Gasteiger partial charge >= 0.3 is 0 Å². The molecule has 4 rings (SSSR count). The first kappa shape index (κ1) is 17.3. The van der Waals surface area contributed by atoms with E-state index in [0.29, 0.717) is 11.8 Å². The quantitative estimate of drug-likeness (QED) is 0.861. The number of aliphatic hydroxyl groups excluding tert-OH is 1. The zero-order valence-electron chi connectivity index (χ0n) is 15.3. The lowest BCUT2D eigenvalue weighted by molar-refractivity contribution is 0.161. The van der Waals surface area contributed by atoms with Crippen LogP contribution >= 0.6 is 0 Å². The van der Waals surface area contributed by atoms with Crippen LogP contribution in [0.5, 0.6) is 5.75 Å². The Morgan fingerprint density at radius 2 is 1.76 bits per heavy atom. The number of ether oxygens (including phenoxy) is 1. The molecule has 2 heterocycles. The molecule has 1 N–H and O–H groups in total.